The quantitative estimate of drug-likeness (QED) is 0.193. The molecule has 1 heterocycles. The molecule has 1 heteroatoms. The molecule has 1 atom stereocenters. The van der Waals surface area contributed by atoms with E-state index in [1.165, 1.54) is 5.56 Å². The lowest BCUT2D eigenvalue weighted by Gasteiger charge is -2.35. The van der Waals surface area contributed by atoms with Crippen LogP contribution in [0.2, 0.25) is 0 Å². The van der Waals surface area contributed by atoms with Crippen molar-refractivity contribution >= 4 is 0 Å². The van der Waals surface area contributed by atoms with E-state index >= 15 is 0 Å². The number of fused-ring (bicyclic) bond motifs is 2. The Kier molecular flexibility index (Phi) is 6.09. The van der Waals surface area contributed by atoms with E-state index < -0.39 is 12.3 Å². The van der Waals surface area contributed by atoms with E-state index in [9.17, 15) is 0 Å². The zero-order valence-electron chi connectivity index (χ0n) is 28.6. The molecule has 1 aliphatic heterocycles. The van der Waals surface area contributed by atoms with Crippen molar-refractivity contribution in [3.63, 3.8) is 0 Å². The van der Waals surface area contributed by atoms with E-state index in [0.717, 1.165) is 50.1 Å². The predicted molar refractivity (Wildman–Crippen MR) is 192 cm³/mol. The molecule has 0 saturated heterocycles. The van der Waals surface area contributed by atoms with Crippen molar-refractivity contribution < 1.29 is 8.85 Å². The minimum Gasteiger partial charge on any atom is -0.456 e. The SMILES string of the molecule is [2H]C([2H])([2H])C1(C)c2ccccc2Oc2c(-c3cccc(-c4cc(-c5ccccc5)c(-c5ccccc5)cc4-c4ccccc4)c3)cccc21. The van der Waals surface area contributed by atoms with Gasteiger partial charge in [0.15, 0.2) is 0 Å². The first kappa shape index (κ1) is 24.6. The number of hydrogen-bond donors (Lipinski definition) is 0. The fourth-order valence-corrected chi connectivity index (χ4v) is 6.75. The van der Waals surface area contributed by atoms with Crippen molar-refractivity contribution in [2.75, 3.05) is 0 Å². The lowest BCUT2D eigenvalue weighted by atomic mass is 9.75. The number of rotatable bonds is 5. The molecular weight excluding hydrogens is 556 g/mol. The zero-order valence-corrected chi connectivity index (χ0v) is 25.6. The zero-order chi connectivity index (χ0) is 33.6. The molecule has 1 aliphatic rings. The highest BCUT2D eigenvalue weighted by Gasteiger charge is 2.35. The summed E-state index contributed by atoms with van der Waals surface area (Å²) in [4.78, 5) is 0. The number of para-hydroxylation sites is 2. The van der Waals surface area contributed by atoms with Crippen LogP contribution in [0.4, 0.5) is 0 Å². The van der Waals surface area contributed by atoms with Crippen LogP contribution in [0.5, 0.6) is 11.5 Å². The minimum absolute atomic E-state index is 0.576. The van der Waals surface area contributed by atoms with Gasteiger partial charge in [-0.2, -0.15) is 0 Å². The normalized spacial score (nSPS) is 16.2. The molecule has 8 rings (SSSR count). The van der Waals surface area contributed by atoms with E-state index in [1.54, 1.807) is 0 Å². The molecule has 7 aromatic rings. The first-order chi connectivity index (χ1) is 23.8. The van der Waals surface area contributed by atoms with Crippen LogP contribution in [-0.2, 0) is 5.41 Å². The third-order valence-corrected chi connectivity index (χ3v) is 9.09. The van der Waals surface area contributed by atoms with E-state index in [-0.39, 0.29) is 0 Å². The Balaban J connectivity index is 1.35. The van der Waals surface area contributed by atoms with Crippen LogP contribution in [0.1, 0.15) is 29.0 Å². The molecule has 0 radical (unpaired) electrons. The molecule has 7 aromatic carbocycles. The van der Waals surface area contributed by atoms with Crippen LogP contribution in [0.15, 0.2) is 170 Å². The van der Waals surface area contributed by atoms with Gasteiger partial charge in [0, 0.05) is 26.2 Å². The van der Waals surface area contributed by atoms with Crippen LogP contribution < -0.4 is 4.74 Å². The molecule has 1 nitrogen and oxygen atoms in total. The molecule has 0 aliphatic carbocycles. The van der Waals surface area contributed by atoms with Crippen LogP contribution in [-0.4, -0.2) is 0 Å². The first-order valence-electron chi connectivity index (χ1n) is 17.2. The van der Waals surface area contributed by atoms with Crippen molar-refractivity contribution in [2.45, 2.75) is 19.2 Å². The van der Waals surface area contributed by atoms with E-state index in [1.807, 2.05) is 61.5 Å². The van der Waals surface area contributed by atoms with E-state index in [0.29, 0.717) is 22.6 Å². The summed E-state index contributed by atoms with van der Waals surface area (Å²) in [6, 6.07) is 58.1. The standard InChI is InChI=1S/C45H34O/c1-45(2)41-25-12-13-27-43(41)46-44-36(24-15-26-42(44)45)34-22-14-23-35(28-34)40-30-38(32-18-8-4-9-19-32)37(31-16-6-3-7-17-31)29-39(40)33-20-10-5-11-21-33/h3-30H,1-2H3/i1D3. The Morgan fingerprint density at radius 2 is 0.848 bits per heavy atom. The monoisotopic (exact) mass is 593 g/mol. The third-order valence-electron chi connectivity index (χ3n) is 9.09. The summed E-state index contributed by atoms with van der Waals surface area (Å²) >= 11 is 0. The smallest absolute Gasteiger partial charge is 0.139 e. The lowest BCUT2D eigenvalue weighted by molar-refractivity contribution is 0.419. The highest BCUT2D eigenvalue weighted by atomic mass is 16.5. The molecule has 0 fully saturated rings. The highest BCUT2D eigenvalue weighted by molar-refractivity contribution is 5.96. The molecule has 0 spiro atoms. The fraction of sp³-hybridized carbons (Fsp3) is 0.0667. The van der Waals surface area contributed by atoms with Crippen molar-refractivity contribution in [2.24, 2.45) is 0 Å². The molecule has 0 bridgehead atoms. The van der Waals surface area contributed by atoms with Gasteiger partial charge in [0.2, 0.25) is 0 Å². The highest BCUT2D eigenvalue weighted by Crippen LogP contribution is 2.51. The molecule has 0 amide bonds. The third kappa shape index (κ3) is 4.82. The number of ether oxygens (including phenoxy) is 1. The Hall–Kier alpha value is -5.66. The maximum Gasteiger partial charge on any atom is 0.139 e. The van der Waals surface area contributed by atoms with Crippen molar-refractivity contribution in [1.29, 1.82) is 0 Å². The van der Waals surface area contributed by atoms with Gasteiger partial charge in [0.1, 0.15) is 11.5 Å². The van der Waals surface area contributed by atoms with Gasteiger partial charge in [-0.05, 0) is 74.3 Å². The van der Waals surface area contributed by atoms with Gasteiger partial charge in [-0.3, -0.25) is 0 Å². The molecule has 1 unspecified atom stereocenters. The lowest BCUT2D eigenvalue weighted by Crippen LogP contribution is -2.24. The Morgan fingerprint density at radius 3 is 1.41 bits per heavy atom. The number of benzene rings is 7. The first-order valence-corrected chi connectivity index (χ1v) is 15.7. The average Bonchev–Trinajstić information content (AvgIpc) is 3.15. The summed E-state index contributed by atoms with van der Waals surface area (Å²) in [6.07, 6.45) is 0. The average molecular weight is 594 g/mol. The van der Waals surface area contributed by atoms with Gasteiger partial charge < -0.3 is 4.74 Å². The fourth-order valence-electron chi connectivity index (χ4n) is 6.75. The van der Waals surface area contributed by atoms with Gasteiger partial charge in [0.05, 0.1) is 0 Å². The second kappa shape index (κ2) is 11.4. The van der Waals surface area contributed by atoms with Gasteiger partial charge in [-0.25, -0.2) is 0 Å². The molecule has 0 aromatic heterocycles. The van der Waals surface area contributed by atoms with Gasteiger partial charge in [-0.1, -0.05) is 159 Å². The Bertz CT molecular complexity index is 2290. The van der Waals surface area contributed by atoms with Crippen molar-refractivity contribution in [3.05, 3.63) is 181 Å². The maximum atomic E-state index is 8.66. The Labute approximate surface area is 275 Å². The molecule has 0 N–H and O–H groups in total. The summed E-state index contributed by atoms with van der Waals surface area (Å²) < 4.78 is 32.6. The van der Waals surface area contributed by atoms with Crippen molar-refractivity contribution in [3.8, 4) is 67.1 Å². The predicted octanol–water partition coefficient (Wildman–Crippen LogP) is 12.5. The molecule has 0 saturated carbocycles. The summed E-state index contributed by atoms with van der Waals surface area (Å²) in [5.74, 6) is 1.16. The Morgan fingerprint density at radius 1 is 0.413 bits per heavy atom. The second-order valence-corrected chi connectivity index (χ2v) is 12.0. The summed E-state index contributed by atoms with van der Waals surface area (Å²) in [5, 5.41) is 0. The summed E-state index contributed by atoms with van der Waals surface area (Å²) in [6.45, 7) is -0.479. The van der Waals surface area contributed by atoms with Gasteiger partial charge >= 0.3 is 0 Å². The van der Waals surface area contributed by atoms with Crippen LogP contribution in [0, 0.1) is 0 Å². The van der Waals surface area contributed by atoms with Gasteiger partial charge in [-0.15, -0.1) is 0 Å². The number of hydrogen-bond acceptors (Lipinski definition) is 1. The van der Waals surface area contributed by atoms with Gasteiger partial charge in [0.25, 0.3) is 0 Å². The molecular formula is C45H34O. The van der Waals surface area contributed by atoms with Crippen LogP contribution in [0.3, 0.4) is 0 Å². The maximum absolute atomic E-state index is 8.66. The molecule has 46 heavy (non-hydrogen) atoms. The topological polar surface area (TPSA) is 9.23 Å². The second-order valence-electron chi connectivity index (χ2n) is 12.0. The van der Waals surface area contributed by atoms with E-state index in [4.69, 9.17) is 8.85 Å². The molecule has 220 valence electrons. The minimum atomic E-state index is -2.29. The largest absolute Gasteiger partial charge is 0.456 e. The summed E-state index contributed by atoms with van der Waals surface area (Å²) in [7, 11) is 0. The van der Waals surface area contributed by atoms with Crippen LogP contribution >= 0.6 is 0 Å². The summed E-state index contributed by atoms with van der Waals surface area (Å²) in [5.41, 5.74) is 11.0. The van der Waals surface area contributed by atoms with Crippen LogP contribution in [0.25, 0.3) is 55.6 Å². The van der Waals surface area contributed by atoms with E-state index in [2.05, 4.69) is 115 Å². The van der Waals surface area contributed by atoms with Crippen molar-refractivity contribution in [1.82, 2.24) is 0 Å².